The van der Waals surface area contributed by atoms with E-state index >= 15 is 0 Å². The van der Waals surface area contributed by atoms with Crippen molar-refractivity contribution in [2.75, 3.05) is 24.3 Å². The SMILES string of the molecule is COC(=O)CCNc1cccc(NC(C)=O)c1. The number of carbonyl (C=O) groups excluding carboxylic acids is 2. The van der Waals surface area contributed by atoms with Gasteiger partial charge in [0.1, 0.15) is 0 Å². The summed E-state index contributed by atoms with van der Waals surface area (Å²) >= 11 is 0. The summed E-state index contributed by atoms with van der Waals surface area (Å²) in [5.74, 6) is -0.368. The van der Waals surface area contributed by atoms with E-state index in [9.17, 15) is 9.59 Å². The van der Waals surface area contributed by atoms with Crippen molar-refractivity contribution in [3.8, 4) is 0 Å². The van der Waals surface area contributed by atoms with Gasteiger partial charge in [0.2, 0.25) is 5.91 Å². The number of esters is 1. The highest BCUT2D eigenvalue weighted by molar-refractivity contribution is 5.89. The van der Waals surface area contributed by atoms with Gasteiger partial charge in [0, 0.05) is 24.8 Å². The summed E-state index contributed by atoms with van der Waals surface area (Å²) in [6, 6.07) is 7.29. The highest BCUT2D eigenvalue weighted by atomic mass is 16.5. The molecule has 0 aliphatic rings. The van der Waals surface area contributed by atoms with Gasteiger partial charge >= 0.3 is 5.97 Å². The van der Waals surface area contributed by atoms with Crippen LogP contribution >= 0.6 is 0 Å². The first kappa shape index (κ1) is 13.0. The summed E-state index contributed by atoms with van der Waals surface area (Å²) < 4.78 is 4.53. The van der Waals surface area contributed by atoms with Crippen LogP contribution in [0.25, 0.3) is 0 Å². The summed E-state index contributed by atoms with van der Waals surface area (Å²) in [4.78, 5) is 21.8. The molecule has 0 saturated heterocycles. The molecule has 17 heavy (non-hydrogen) atoms. The van der Waals surface area contributed by atoms with E-state index in [4.69, 9.17) is 0 Å². The summed E-state index contributed by atoms with van der Waals surface area (Å²) in [5, 5.41) is 5.76. The van der Waals surface area contributed by atoms with Crippen LogP contribution in [0.5, 0.6) is 0 Å². The fourth-order valence-electron chi connectivity index (χ4n) is 1.32. The van der Waals surface area contributed by atoms with Crippen LogP contribution in [-0.2, 0) is 14.3 Å². The number of methoxy groups -OCH3 is 1. The van der Waals surface area contributed by atoms with Crippen molar-refractivity contribution in [1.29, 1.82) is 0 Å². The molecule has 0 heterocycles. The molecule has 1 aromatic carbocycles. The van der Waals surface area contributed by atoms with Crippen molar-refractivity contribution in [3.05, 3.63) is 24.3 Å². The molecule has 0 radical (unpaired) electrons. The quantitative estimate of drug-likeness (QED) is 0.762. The number of benzene rings is 1. The number of anilines is 2. The predicted molar refractivity (Wildman–Crippen MR) is 65.9 cm³/mol. The molecule has 0 aromatic heterocycles. The van der Waals surface area contributed by atoms with E-state index in [1.165, 1.54) is 14.0 Å². The van der Waals surface area contributed by atoms with Gasteiger partial charge in [-0.15, -0.1) is 0 Å². The minimum absolute atomic E-state index is 0.114. The van der Waals surface area contributed by atoms with Crippen LogP contribution in [0.3, 0.4) is 0 Å². The van der Waals surface area contributed by atoms with Crippen molar-refractivity contribution >= 4 is 23.3 Å². The average molecular weight is 236 g/mol. The topological polar surface area (TPSA) is 67.4 Å². The van der Waals surface area contributed by atoms with Gasteiger partial charge in [-0.25, -0.2) is 0 Å². The van der Waals surface area contributed by atoms with Gasteiger partial charge in [-0.2, -0.15) is 0 Å². The zero-order chi connectivity index (χ0) is 12.7. The maximum atomic E-state index is 10.9. The predicted octanol–water partition coefficient (Wildman–Crippen LogP) is 1.62. The second-order valence-corrected chi connectivity index (χ2v) is 3.51. The van der Waals surface area contributed by atoms with Crippen molar-refractivity contribution in [1.82, 2.24) is 0 Å². The Labute approximate surface area is 100 Å². The molecule has 5 nitrogen and oxygen atoms in total. The summed E-state index contributed by atoms with van der Waals surface area (Å²) in [6.07, 6.45) is 0.306. The normalized spacial score (nSPS) is 9.53. The Kier molecular flexibility index (Phi) is 5.00. The lowest BCUT2D eigenvalue weighted by atomic mass is 10.2. The van der Waals surface area contributed by atoms with Crippen LogP contribution in [0.1, 0.15) is 13.3 Å². The summed E-state index contributed by atoms with van der Waals surface area (Å²) in [6.45, 7) is 1.95. The summed E-state index contributed by atoms with van der Waals surface area (Å²) in [7, 11) is 1.36. The Morgan fingerprint density at radius 1 is 1.29 bits per heavy atom. The highest BCUT2D eigenvalue weighted by Gasteiger charge is 2.00. The van der Waals surface area contributed by atoms with Crippen LogP contribution in [0.2, 0.25) is 0 Å². The molecule has 2 N–H and O–H groups in total. The number of ether oxygens (including phenoxy) is 1. The Morgan fingerprint density at radius 2 is 2.00 bits per heavy atom. The largest absolute Gasteiger partial charge is 0.469 e. The molecule has 5 heteroatoms. The first-order chi connectivity index (χ1) is 8.11. The molecule has 0 atom stereocenters. The molecular weight excluding hydrogens is 220 g/mol. The molecule has 0 fully saturated rings. The van der Waals surface area contributed by atoms with Gasteiger partial charge in [0.15, 0.2) is 0 Å². The van der Waals surface area contributed by atoms with Gasteiger partial charge in [0.25, 0.3) is 0 Å². The van der Waals surface area contributed by atoms with E-state index in [2.05, 4.69) is 15.4 Å². The van der Waals surface area contributed by atoms with Gasteiger partial charge in [-0.3, -0.25) is 9.59 Å². The van der Waals surface area contributed by atoms with E-state index in [1.54, 1.807) is 12.1 Å². The average Bonchev–Trinajstić information content (AvgIpc) is 2.28. The molecule has 0 aliphatic carbocycles. The van der Waals surface area contributed by atoms with Gasteiger partial charge in [-0.1, -0.05) is 6.07 Å². The van der Waals surface area contributed by atoms with Gasteiger partial charge < -0.3 is 15.4 Å². The molecule has 0 spiro atoms. The van der Waals surface area contributed by atoms with Crippen LogP contribution < -0.4 is 10.6 Å². The third-order valence-electron chi connectivity index (χ3n) is 2.07. The molecule has 0 unspecified atom stereocenters. The number of hydrogen-bond acceptors (Lipinski definition) is 4. The fraction of sp³-hybridized carbons (Fsp3) is 0.333. The smallest absolute Gasteiger partial charge is 0.307 e. The molecule has 92 valence electrons. The van der Waals surface area contributed by atoms with Crippen molar-refractivity contribution in [3.63, 3.8) is 0 Å². The van der Waals surface area contributed by atoms with Crippen molar-refractivity contribution in [2.24, 2.45) is 0 Å². The zero-order valence-corrected chi connectivity index (χ0v) is 9.95. The Balaban J connectivity index is 2.48. The van der Waals surface area contributed by atoms with Crippen LogP contribution in [0.4, 0.5) is 11.4 Å². The highest BCUT2D eigenvalue weighted by Crippen LogP contribution is 2.14. The summed E-state index contributed by atoms with van der Waals surface area (Å²) in [5.41, 5.74) is 1.57. The third-order valence-corrected chi connectivity index (χ3v) is 2.07. The van der Waals surface area contributed by atoms with Crippen LogP contribution in [0, 0.1) is 0 Å². The Morgan fingerprint density at radius 3 is 2.65 bits per heavy atom. The number of nitrogens with one attached hydrogen (secondary N) is 2. The first-order valence-corrected chi connectivity index (χ1v) is 5.30. The zero-order valence-electron chi connectivity index (χ0n) is 9.95. The molecule has 0 bridgehead atoms. The van der Waals surface area contributed by atoms with E-state index in [1.807, 2.05) is 12.1 Å². The monoisotopic (exact) mass is 236 g/mol. The van der Waals surface area contributed by atoms with Crippen molar-refractivity contribution in [2.45, 2.75) is 13.3 Å². The lowest BCUT2D eigenvalue weighted by molar-refractivity contribution is -0.140. The lowest BCUT2D eigenvalue weighted by Crippen LogP contribution is -2.10. The maximum Gasteiger partial charge on any atom is 0.307 e. The first-order valence-electron chi connectivity index (χ1n) is 5.30. The molecular formula is C12H16N2O3. The third kappa shape index (κ3) is 5.01. The van der Waals surface area contributed by atoms with E-state index in [0.717, 1.165) is 11.4 Å². The second kappa shape index (κ2) is 6.52. The van der Waals surface area contributed by atoms with E-state index in [0.29, 0.717) is 13.0 Å². The second-order valence-electron chi connectivity index (χ2n) is 3.51. The number of hydrogen-bond donors (Lipinski definition) is 2. The standard InChI is InChI=1S/C12H16N2O3/c1-9(15)14-11-5-3-4-10(8-11)13-7-6-12(16)17-2/h3-5,8,13H,6-7H2,1-2H3,(H,14,15). The molecule has 1 aromatic rings. The van der Waals surface area contributed by atoms with Crippen LogP contribution in [-0.4, -0.2) is 25.5 Å². The number of amides is 1. The Bertz CT molecular complexity index is 404. The van der Waals surface area contributed by atoms with Gasteiger partial charge in [0.05, 0.1) is 13.5 Å². The molecule has 1 amide bonds. The number of rotatable bonds is 5. The van der Waals surface area contributed by atoms with E-state index < -0.39 is 0 Å². The van der Waals surface area contributed by atoms with Crippen molar-refractivity contribution < 1.29 is 14.3 Å². The molecule has 1 rings (SSSR count). The lowest BCUT2D eigenvalue weighted by Gasteiger charge is -2.08. The molecule has 0 saturated carbocycles. The van der Waals surface area contributed by atoms with E-state index in [-0.39, 0.29) is 11.9 Å². The maximum absolute atomic E-state index is 10.9. The molecule has 0 aliphatic heterocycles. The minimum atomic E-state index is -0.254. The fourth-order valence-corrected chi connectivity index (χ4v) is 1.32. The number of carbonyl (C=O) groups is 2. The van der Waals surface area contributed by atoms with Crippen LogP contribution in [0.15, 0.2) is 24.3 Å². The minimum Gasteiger partial charge on any atom is -0.469 e. The van der Waals surface area contributed by atoms with Gasteiger partial charge in [-0.05, 0) is 18.2 Å². The Hall–Kier alpha value is -2.04.